The summed E-state index contributed by atoms with van der Waals surface area (Å²) in [5, 5.41) is 3.32. The third-order valence-corrected chi connectivity index (χ3v) is 3.73. The molecule has 3 rings (SSSR count). The Hall–Kier alpha value is -1.55. The van der Waals surface area contributed by atoms with Gasteiger partial charge >= 0.3 is 0 Å². The number of Topliss-reactive ketones (excluding diaryl/α,β-unsaturated/α-hetero) is 1. The monoisotopic (exact) mass is 247 g/mol. The molecular weight excluding hydrogens is 230 g/mol. The van der Waals surface area contributed by atoms with Gasteiger partial charge in [-0.3, -0.25) is 4.79 Å². The first kappa shape index (κ1) is 11.5. The average molecular weight is 247 g/mol. The second-order valence-corrected chi connectivity index (χ2v) is 5.03. The van der Waals surface area contributed by atoms with Gasteiger partial charge in [-0.25, -0.2) is 0 Å². The second-order valence-electron chi connectivity index (χ2n) is 5.03. The summed E-state index contributed by atoms with van der Waals surface area (Å²) < 4.78 is 11.2. The summed E-state index contributed by atoms with van der Waals surface area (Å²) in [6.07, 6.45) is 2.45. The first-order chi connectivity index (χ1) is 8.72. The molecule has 1 N–H and O–H groups in total. The van der Waals surface area contributed by atoms with Crippen molar-refractivity contribution in [1.29, 1.82) is 0 Å². The van der Waals surface area contributed by atoms with Gasteiger partial charge in [-0.2, -0.15) is 0 Å². The van der Waals surface area contributed by atoms with Crippen molar-refractivity contribution in [3.05, 3.63) is 23.8 Å². The van der Waals surface area contributed by atoms with Crippen LogP contribution in [0.2, 0.25) is 0 Å². The number of fused-ring (bicyclic) bond motifs is 1. The number of carbonyl (C=O) groups is 1. The number of nitrogens with one attached hydrogen (secondary N) is 1. The maximum atomic E-state index is 12.3. The van der Waals surface area contributed by atoms with Crippen molar-refractivity contribution in [2.75, 3.05) is 20.2 Å². The fourth-order valence-corrected chi connectivity index (χ4v) is 2.78. The van der Waals surface area contributed by atoms with Crippen LogP contribution in [0.15, 0.2) is 18.2 Å². The van der Waals surface area contributed by atoms with Crippen molar-refractivity contribution in [1.82, 2.24) is 5.32 Å². The largest absolute Gasteiger partial charge is 0.497 e. The summed E-state index contributed by atoms with van der Waals surface area (Å²) in [4.78, 5) is 12.3. The van der Waals surface area contributed by atoms with E-state index in [9.17, 15) is 4.79 Å². The molecule has 0 saturated carbocycles. The van der Waals surface area contributed by atoms with Gasteiger partial charge in [0.2, 0.25) is 0 Å². The van der Waals surface area contributed by atoms with Gasteiger partial charge in [0, 0.05) is 6.54 Å². The zero-order chi connectivity index (χ0) is 12.6. The van der Waals surface area contributed by atoms with Crippen LogP contribution in [0.3, 0.4) is 0 Å². The second kappa shape index (κ2) is 4.28. The van der Waals surface area contributed by atoms with Crippen molar-refractivity contribution in [3.63, 3.8) is 0 Å². The number of piperidine rings is 1. The van der Waals surface area contributed by atoms with E-state index in [1.165, 1.54) is 0 Å². The highest BCUT2D eigenvalue weighted by Gasteiger charge is 2.41. The first-order valence-corrected chi connectivity index (χ1v) is 6.33. The van der Waals surface area contributed by atoms with Crippen molar-refractivity contribution in [2.45, 2.75) is 24.9 Å². The van der Waals surface area contributed by atoms with Crippen LogP contribution in [0.1, 0.15) is 29.6 Å². The van der Waals surface area contributed by atoms with Crippen LogP contribution in [-0.2, 0) is 0 Å². The van der Waals surface area contributed by atoms with E-state index in [4.69, 9.17) is 9.47 Å². The predicted octanol–water partition coefficient (Wildman–Crippen LogP) is 1.78. The van der Waals surface area contributed by atoms with Gasteiger partial charge < -0.3 is 14.8 Å². The smallest absolute Gasteiger partial charge is 0.170 e. The van der Waals surface area contributed by atoms with Crippen LogP contribution in [0.4, 0.5) is 0 Å². The summed E-state index contributed by atoms with van der Waals surface area (Å²) in [6, 6.07) is 5.43. The molecular formula is C14H17NO3. The lowest BCUT2D eigenvalue weighted by Crippen LogP contribution is -2.53. The quantitative estimate of drug-likeness (QED) is 0.821. The molecule has 2 heterocycles. The molecule has 4 heteroatoms. The maximum Gasteiger partial charge on any atom is 0.170 e. The number of methoxy groups -OCH3 is 1. The molecule has 1 saturated heterocycles. The molecule has 1 fully saturated rings. The predicted molar refractivity (Wildman–Crippen MR) is 67.4 cm³/mol. The Balaban J connectivity index is 1.95. The lowest BCUT2D eigenvalue weighted by Gasteiger charge is -2.40. The van der Waals surface area contributed by atoms with Gasteiger partial charge in [0.1, 0.15) is 17.1 Å². The molecule has 18 heavy (non-hydrogen) atoms. The van der Waals surface area contributed by atoms with E-state index in [2.05, 4.69) is 5.32 Å². The van der Waals surface area contributed by atoms with Crippen LogP contribution in [0.25, 0.3) is 0 Å². The topological polar surface area (TPSA) is 47.6 Å². The molecule has 1 unspecified atom stereocenters. The van der Waals surface area contributed by atoms with Gasteiger partial charge in [-0.1, -0.05) is 0 Å². The van der Waals surface area contributed by atoms with Crippen molar-refractivity contribution < 1.29 is 14.3 Å². The first-order valence-electron chi connectivity index (χ1n) is 6.33. The minimum atomic E-state index is -0.336. The number of ether oxygens (including phenoxy) is 2. The fourth-order valence-electron chi connectivity index (χ4n) is 2.78. The van der Waals surface area contributed by atoms with Gasteiger partial charge in [-0.05, 0) is 37.6 Å². The Kier molecular flexibility index (Phi) is 2.74. The van der Waals surface area contributed by atoms with E-state index in [1.807, 2.05) is 12.1 Å². The number of benzene rings is 1. The molecule has 1 aromatic rings. The molecule has 0 bridgehead atoms. The molecule has 2 aliphatic rings. The number of ketones is 1. The number of rotatable bonds is 1. The zero-order valence-electron chi connectivity index (χ0n) is 10.5. The standard InChI is InChI=1S/C14H17NO3/c1-17-10-3-4-13-11(7-10)12(16)8-14(18-13)5-2-6-15-9-14/h3-4,7,15H,2,5-6,8-9H2,1H3. The van der Waals surface area contributed by atoms with Crippen molar-refractivity contribution in [3.8, 4) is 11.5 Å². The molecule has 1 atom stereocenters. The van der Waals surface area contributed by atoms with E-state index in [-0.39, 0.29) is 11.4 Å². The van der Waals surface area contributed by atoms with Gasteiger partial charge in [0.25, 0.3) is 0 Å². The number of carbonyl (C=O) groups excluding carboxylic acids is 1. The summed E-state index contributed by atoms with van der Waals surface area (Å²) in [7, 11) is 1.60. The normalized spacial score (nSPS) is 26.6. The third kappa shape index (κ3) is 1.86. The molecule has 1 aromatic carbocycles. The molecule has 0 radical (unpaired) electrons. The molecule has 0 amide bonds. The summed E-state index contributed by atoms with van der Waals surface area (Å²) in [5.41, 5.74) is 0.308. The third-order valence-electron chi connectivity index (χ3n) is 3.73. The van der Waals surface area contributed by atoms with Crippen LogP contribution in [-0.4, -0.2) is 31.6 Å². The molecule has 2 aliphatic heterocycles. The summed E-state index contributed by atoms with van der Waals surface area (Å²) in [5.74, 6) is 1.54. The average Bonchev–Trinajstić information content (AvgIpc) is 2.39. The lowest BCUT2D eigenvalue weighted by molar-refractivity contribution is 0.0233. The minimum Gasteiger partial charge on any atom is -0.497 e. The van der Waals surface area contributed by atoms with E-state index in [0.29, 0.717) is 23.5 Å². The number of hydrogen-bond donors (Lipinski definition) is 1. The minimum absolute atomic E-state index is 0.152. The molecule has 0 aliphatic carbocycles. The van der Waals surface area contributed by atoms with Gasteiger partial charge in [0.05, 0.1) is 19.1 Å². The Morgan fingerprint density at radius 1 is 1.44 bits per heavy atom. The van der Waals surface area contributed by atoms with Crippen LogP contribution < -0.4 is 14.8 Å². The van der Waals surface area contributed by atoms with E-state index >= 15 is 0 Å². The fraction of sp³-hybridized carbons (Fsp3) is 0.500. The Labute approximate surface area is 106 Å². The number of hydrogen-bond acceptors (Lipinski definition) is 4. The van der Waals surface area contributed by atoms with Gasteiger partial charge in [-0.15, -0.1) is 0 Å². The highest BCUT2D eigenvalue weighted by Crippen LogP contribution is 2.38. The Morgan fingerprint density at radius 2 is 2.33 bits per heavy atom. The lowest BCUT2D eigenvalue weighted by atomic mass is 9.84. The molecule has 96 valence electrons. The van der Waals surface area contributed by atoms with E-state index in [1.54, 1.807) is 13.2 Å². The molecule has 4 nitrogen and oxygen atoms in total. The zero-order valence-corrected chi connectivity index (χ0v) is 10.5. The van der Waals surface area contributed by atoms with Crippen LogP contribution in [0.5, 0.6) is 11.5 Å². The highest BCUT2D eigenvalue weighted by atomic mass is 16.5. The van der Waals surface area contributed by atoms with Crippen LogP contribution in [0, 0.1) is 0 Å². The molecule has 0 aromatic heterocycles. The van der Waals surface area contributed by atoms with E-state index < -0.39 is 0 Å². The van der Waals surface area contributed by atoms with E-state index in [0.717, 1.165) is 25.9 Å². The maximum absolute atomic E-state index is 12.3. The van der Waals surface area contributed by atoms with Crippen molar-refractivity contribution in [2.24, 2.45) is 0 Å². The van der Waals surface area contributed by atoms with Gasteiger partial charge in [0.15, 0.2) is 5.78 Å². The Morgan fingerprint density at radius 3 is 3.06 bits per heavy atom. The Bertz CT molecular complexity index is 478. The molecule has 1 spiro atoms. The summed E-state index contributed by atoms with van der Waals surface area (Å²) >= 11 is 0. The highest BCUT2D eigenvalue weighted by molar-refractivity contribution is 6.00. The summed E-state index contributed by atoms with van der Waals surface area (Å²) in [6.45, 7) is 1.76. The SMILES string of the molecule is COc1ccc2c(c1)C(=O)CC1(CCCNC1)O2. The van der Waals surface area contributed by atoms with Crippen LogP contribution >= 0.6 is 0 Å². The van der Waals surface area contributed by atoms with Crippen molar-refractivity contribution >= 4 is 5.78 Å².